The van der Waals surface area contributed by atoms with Crippen molar-refractivity contribution in [2.45, 2.75) is 11.3 Å². The molecule has 1 N–H and O–H groups in total. The number of anilines is 1. The van der Waals surface area contributed by atoms with Gasteiger partial charge in [0.15, 0.2) is 0 Å². The monoisotopic (exact) mass is 393 g/mol. The quantitative estimate of drug-likeness (QED) is 0.585. The first-order valence-corrected chi connectivity index (χ1v) is 8.74. The van der Waals surface area contributed by atoms with Crippen LogP contribution in [0.2, 0.25) is 0 Å². The normalized spacial score (nSPS) is 10.2. The number of carbonyl (C=O) groups is 2. The maximum absolute atomic E-state index is 12.1. The van der Waals surface area contributed by atoms with Crippen molar-refractivity contribution in [2.75, 3.05) is 18.2 Å². The first-order valence-electron chi connectivity index (χ1n) is 6.96. The Morgan fingerprint density at radius 1 is 1.13 bits per heavy atom. The Labute approximate surface area is 147 Å². The van der Waals surface area contributed by atoms with Gasteiger partial charge in [0, 0.05) is 21.5 Å². The van der Waals surface area contributed by atoms with Gasteiger partial charge in [0.1, 0.15) is 0 Å². The lowest BCUT2D eigenvalue weighted by Crippen LogP contribution is -2.15. The summed E-state index contributed by atoms with van der Waals surface area (Å²) in [5.41, 5.74) is 0.817. The molecule has 2 rings (SSSR count). The zero-order valence-electron chi connectivity index (χ0n) is 12.5. The van der Waals surface area contributed by atoms with Crippen molar-refractivity contribution < 1.29 is 14.3 Å². The van der Waals surface area contributed by atoms with Crippen LogP contribution in [0, 0.1) is 0 Å². The summed E-state index contributed by atoms with van der Waals surface area (Å²) in [6.45, 7) is 0. The number of hydrogen-bond acceptors (Lipinski definition) is 4. The van der Waals surface area contributed by atoms with Gasteiger partial charge in [-0.15, -0.1) is 11.8 Å². The van der Waals surface area contributed by atoms with E-state index in [0.717, 1.165) is 9.37 Å². The summed E-state index contributed by atoms with van der Waals surface area (Å²) < 4.78 is 5.73. The van der Waals surface area contributed by atoms with Crippen LogP contribution in [-0.4, -0.2) is 24.7 Å². The van der Waals surface area contributed by atoms with Gasteiger partial charge in [0.2, 0.25) is 5.91 Å². The highest BCUT2D eigenvalue weighted by Gasteiger charge is 2.13. The lowest BCUT2D eigenvalue weighted by atomic mass is 10.2. The number of hydrogen-bond donors (Lipinski definition) is 1. The van der Waals surface area contributed by atoms with E-state index >= 15 is 0 Å². The Balaban J connectivity index is 1.91. The van der Waals surface area contributed by atoms with E-state index < -0.39 is 5.97 Å². The van der Waals surface area contributed by atoms with Crippen molar-refractivity contribution in [2.24, 2.45) is 0 Å². The molecule has 0 atom stereocenters. The minimum Gasteiger partial charge on any atom is -0.465 e. The number of carbonyl (C=O) groups excluding carboxylic acids is 2. The Morgan fingerprint density at radius 3 is 2.57 bits per heavy atom. The molecule has 0 aliphatic carbocycles. The highest BCUT2D eigenvalue weighted by molar-refractivity contribution is 9.10. The van der Waals surface area contributed by atoms with Crippen molar-refractivity contribution in [3.8, 4) is 0 Å². The molecule has 23 heavy (non-hydrogen) atoms. The first kappa shape index (κ1) is 17.6. The van der Waals surface area contributed by atoms with Gasteiger partial charge in [-0.25, -0.2) is 4.79 Å². The van der Waals surface area contributed by atoms with Crippen molar-refractivity contribution in [1.82, 2.24) is 0 Å². The zero-order chi connectivity index (χ0) is 16.7. The van der Waals surface area contributed by atoms with Gasteiger partial charge in [-0.05, 0) is 40.2 Å². The molecular formula is C17H16BrNO3S. The second kappa shape index (κ2) is 8.74. The third-order valence-corrected chi connectivity index (χ3v) is 5.06. The third-order valence-electron chi connectivity index (χ3n) is 3.03. The second-order valence-electron chi connectivity index (χ2n) is 4.61. The average Bonchev–Trinajstić information content (AvgIpc) is 2.56. The van der Waals surface area contributed by atoms with Gasteiger partial charge < -0.3 is 10.1 Å². The van der Waals surface area contributed by atoms with Gasteiger partial charge >= 0.3 is 5.97 Å². The van der Waals surface area contributed by atoms with Crippen LogP contribution in [0.15, 0.2) is 57.9 Å². The Bertz CT molecular complexity index is 706. The van der Waals surface area contributed by atoms with Crippen molar-refractivity contribution in [1.29, 1.82) is 0 Å². The third kappa shape index (κ3) is 5.11. The smallest absolute Gasteiger partial charge is 0.339 e. The highest BCUT2D eigenvalue weighted by atomic mass is 79.9. The van der Waals surface area contributed by atoms with E-state index in [9.17, 15) is 9.59 Å². The molecule has 1 amide bonds. The van der Waals surface area contributed by atoms with Crippen LogP contribution in [-0.2, 0) is 9.53 Å². The van der Waals surface area contributed by atoms with Crippen LogP contribution >= 0.6 is 27.7 Å². The van der Waals surface area contributed by atoms with Crippen LogP contribution in [0.4, 0.5) is 5.69 Å². The molecular weight excluding hydrogens is 378 g/mol. The summed E-state index contributed by atoms with van der Waals surface area (Å²) in [5.74, 6) is 0.0406. The number of rotatable bonds is 6. The number of benzene rings is 2. The van der Waals surface area contributed by atoms with E-state index in [2.05, 4.69) is 21.2 Å². The predicted octanol–water partition coefficient (Wildman–Crippen LogP) is 4.36. The summed E-state index contributed by atoms with van der Waals surface area (Å²) in [6, 6.07) is 14.7. The molecule has 120 valence electrons. The van der Waals surface area contributed by atoms with Crippen LogP contribution in [0.1, 0.15) is 16.8 Å². The number of halogens is 1. The predicted molar refractivity (Wildman–Crippen MR) is 95.9 cm³/mol. The maximum Gasteiger partial charge on any atom is 0.339 e. The molecule has 2 aromatic carbocycles. The number of nitrogens with one attached hydrogen (secondary N) is 1. The molecule has 0 fully saturated rings. The number of ether oxygens (including phenoxy) is 1. The molecule has 0 saturated heterocycles. The molecule has 0 aromatic heterocycles. The lowest BCUT2D eigenvalue weighted by molar-refractivity contribution is -0.115. The molecule has 0 heterocycles. The molecule has 0 aliphatic heterocycles. The van der Waals surface area contributed by atoms with Crippen LogP contribution in [0.25, 0.3) is 0 Å². The van der Waals surface area contributed by atoms with E-state index in [4.69, 9.17) is 4.74 Å². The second-order valence-corrected chi connectivity index (χ2v) is 6.61. The summed E-state index contributed by atoms with van der Waals surface area (Å²) in [7, 11) is 1.31. The fraction of sp³-hybridized carbons (Fsp3) is 0.176. The van der Waals surface area contributed by atoms with Gasteiger partial charge in [-0.3, -0.25) is 4.79 Å². The lowest BCUT2D eigenvalue weighted by Gasteiger charge is -2.09. The topological polar surface area (TPSA) is 55.4 Å². The molecule has 0 bridgehead atoms. The van der Waals surface area contributed by atoms with E-state index in [1.54, 1.807) is 36.0 Å². The van der Waals surface area contributed by atoms with E-state index in [0.29, 0.717) is 23.4 Å². The average molecular weight is 394 g/mol. The largest absolute Gasteiger partial charge is 0.465 e. The summed E-state index contributed by atoms with van der Waals surface area (Å²) >= 11 is 5.08. The first-order chi connectivity index (χ1) is 11.1. The van der Waals surface area contributed by atoms with Crippen molar-refractivity contribution in [3.05, 3.63) is 58.6 Å². The van der Waals surface area contributed by atoms with Crippen molar-refractivity contribution >= 4 is 45.3 Å². The fourth-order valence-corrected chi connectivity index (χ4v) is 3.42. The van der Waals surface area contributed by atoms with Crippen LogP contribution < -0.4 is 5.32 Å². The minimum absolute atomic E-state index is 0.138. The maximum atomic E-state index is 12.1. The van der Waals surface area contributed by atoms with E-state index in [1.165, 1.54) is 7.11 Å². The number of thioether (sulfide) groups is 1. The van der Waals surface area contributed by atoms with Crippen LogP contribution in [0.3, 0.4) is 0 Å². The zero-order valence-corrected chi connectivity index (χ0v) is 14.9. The number of esters is 1. The summed E-state index contributed by atoms with van der Waals surface area (Å²) in [6.07, 6.45) is 0.349. The molecule has 0 aliphatic rings. The van der Waals surface area contributed by atoms with E-state index in [1.807, 2.05) is 24.3 Å². The molecule has 0 saturated carbocycles. The number of amides is 1. The highest BCUT2D eigenvalue weighted by Crippen LogP contribution is 2.27. The molecule has 2 aromatic rings. The van der Waals surface area contributed by atoms with Gasteiger partial charge in [0.05, 0.1) is 18.4 Å². The Kier molecular flexibility index (Phi) is 6.67. The van der Waals surface area contributed by atoms with Gasteiger partial charge in [-0.1, -0.05) is 24.3 Å². The standard InChI is InChI=1S/C17H16BrNO3S/c1-22-17(21)12-6-2-4-8-14(12)19-16(20)10-11-23-15-9-5-3-7-13(15)18/h2-9H,10-11H2,1H3,(H,19,20). The molecule has 0 radical (unpaired) electrons. The minimum atomic E-state index is -0.469. The van der Waals surface area contributed by atoms with E-state index in [-0.39, 0.29) is 5.91 Å². The summed E-state index contributed by atoms with van der Waals surface area (Å²) in [5, 5.41) is 2.76. The fourth-order valence-electron chi connectivity index (χ4n) is 1.91. The van der Waals surface area contributed by atoms with Gasteiger partial charge in [-0.2, -0.15) is 0 Å². The Morgan fingerprint density at radius 2 is 1.83 bits per heavy atom. The Hall–Kier alpha value is -1.79. The number of methoxy groups -OCH3 is 1. The SMILES string of the molecule is COC(=O)c1ccccc1NC(=O)CCSc1ccccc1Br. The van der Waals surface area contributed by atoms with Crippen LogP contribution in [0.5, 0.6) is 0 Å². The molecule has 4 nitrogen and oxygen atoms in total. The molecule has 0 unspecified atom stereocenters. The molecule has 6 heteroatoms. The number of para-hydroxylation sites is 1. The molecule has 0 spiro atoms. The van der Waals surface area contributed by atoms with Crippen molar-refractivity contribution in [3.63, 3.8) is 0 Å². The van der Waals surface area contributed by atoms with Gasteiger partial charge in [0.25, 0.3) is 0 Å². The summed E-state index contributed by atoms with van der Waals surface area (Å²) in [4.78, 5) is 24.8.